The van der Waals surface area contributed by atoms with Gasteiger partial charge in [0.2, 0.25) is 0 Å². The summed E-state index contributed by atoms with van der Waals surface area (Å²) in [6.45, 7) is 1.57. The van der Waals surface area contributed by atoms with Crippen LogP contribution in [0.4, 0.5) is 19.0 Å². The summed E-state index contributed by atoms with van der Waals surface area (Å²) >= 11 is 0. The second kappa shape index (κ2) is 8.04. The van der Waals surface area contributed by atoms with Crippen LogP contribution in [-0.2, 0) is 23.9 Å². The van der Waals surface area contributed by atoms with E-state index < -0.39 is 29.0 Å². The molecule has 0 bridgehead atoms. The Balaban J connectivity index is 2.08. The Morgan fingerprint density at radius 2 is 1.91 bits per heavy atom. The lowest BCUT2D eigenvalue weighted by Gasteiger charge is -2.28. The van der Waals surface area contributed by atoms with Crippen molar-refractivity contribution in [2.24, 2.45) is 12.8 Å². The van der Waals surface area contributed by atoms with Gasteiger partial charge in [-0.25, -0.2) is 9.97 Å². The van der Waals surface area contributed by atoms with Crippen LogP contribution in [0.2, 0.25) is 0 Å². The zero-order valence-corrected chi connectivity index (χ0v) is 17.0. The van der Waals surface area contributed by atoms with Crippen LogP contribution in [0, 0.1) is 6.92 Å². The third-order valence-electron chi connectivity index (χ3n) is 5.03. The lowest BCUT2D eigenvalue weighted by atomic mass is 9.89. The van der Waals surface area contributed by atoms with Crippen molar-refractivity contribution in [3.8, 4) is 11.3 Å². The Hall–Kier alpha value is -3.80. The number of hydrogen-bond donors (Lipinski definition) is 3. The average Bonchev–Trinajstić information content (AvgIpc) is 3.11. The molecule has 2 heterocycles. The summed E-state index contributed by atoms with van der Waals surface area (Å²) < 4.78 is 41.9. The molecule has 0 aliphatic carbocycles. The van der Waals surface area contributed by atoms with Gasteiger partial charge in [0, 0.05) is 30.1 Å². The zero-order chi connectivity index (χ0) is 23.8. The number of benzene rings is 1. The number of primary amides is 1. The molecule has 3 rings (SSSR count). The lowest BCUT2D eigenvalue weighted by Crippen LogP contribution is -2.52. The van der Waals surface area contributed by atoms with Crippen LogP contribution < -0.4 is 11.5 Å². The molecule has 0 aliphatic rings. The molecule has 1 aromatic carbocycles. The highest BCUT2D eigenvalue weighted by Crippen LogP contribution is 2.40. The van der Waals surface area contributed by atoms with E-state index in [2.05, 4.69) is 15.1 Å². The van der Waals surface area contributed by atoms with E-state index in [1.54, 1.807) is 20.0 Å². The fourth-order valence-corrected chi connectivity index (χ4v) is 3.12. The number of Topliss-reactive ketones (excluding diaryl/α,β-unsaturated/α-hetero) is 1. The Labute approximate surface area is 179 Å². The second-order valence-corrected chi connectivity index (χ2v) is 7.14. The van der Waals surface area contributed by atoms with Crippen molar-refractivity contribution in [3.05, 3.63) is 59.2 Å². The largest absolute Gasteiger partial charge is 0.430 e. The number of alkyl halides is 3. The molecule has 0 radical (unpaired) electrons. The molecule has 12 heteroatoms. The van der Waals surface area contributed by atoms with Crippen molar-refractivity contribution in [2.45, 2.75) is 25.1 Å². The minimum atomic E-state index is -5.36. The highest BCUT2D eigenvalue weighted by atomic mass is 19.4. The number of halogens is 3. The molecule has 0 fully saturated rings. The van der Waals surface area contributed by atoms with Crippen molar-refractivity contribution >= 4 is 17.5 Å². The van der Waals surface area contributed by atoms with Crippen molar-refractivity contribution in [1.29, 1.82) is 0 Å². The third-order valence-corrected chi connectivity index (χ3v) is 5.03. The van der Waals surface area contributed by atoms with E-state index in [4.69, 9.17) is 11.5 Å². The molecule has 5 N–H and O–H groups in total. The monoisotopic (exact) mass is 448 g/mol. The zero-order valence-electron chi connectivity index (χ0n) is 17.0. The fraction of sp³-hybridized carbons (Fsp3) is 0.250. The number of aromatic nitrogens is 4. The summed E-state index contributed by atoms with van der Waals surface area (Å²) in [6, 6.07) is 4.78. The molecule has 0 spiro atoms. The SMILES string of the molecule is Cc1ccc(C(O)(C(N)=O)C(F)(F)F)cc1-c1cnc(N)c(C(=O)Cc2ccnn2C)n1. The Bertz CT molecular complexity index is 1210. The maximum absolute atomic E-state index is 13.5. The van der Waals surface area contributed by atoms with Gasteiger partial charge in [-0.15, -0.1) is 0 Å². The minimum absolute atomic E-state index is 0.0286. The molecule has 168 valence electrons. The molecular weight excluding hydrogens is 429 g/mol. The van der Waals surface area contributed by atoms with Crippen LogP contribution in [0.5, 0.6) is 0 Å². The maximum Gasteiger partial charge on any atom is 0.430 e. The van der Waals surface area contributed by atoms with Crippen LogP contribution in [-0.4, -0.2) is 42.7 Å². The van der Waals surface area contributed by atoms with E-state index in [0.29, 0.717) is 11.3 Å². The smallest absolute Gasteiger partial charge is 0.382 e. The first kappa shape index (κ1) is 22.9. The number of nitrogens with zero attached hydrogens (tertiary/aromatic N) is 4. The van der Waals surface area contributed by atoms with Gasteiger partial charge >= 0.3 is 6.18 Å². The van der Waals surface area contributed by atoms with Crippen molar-refractivity contribution in [3.63, 3.8) is 0 Å². The number of hydrogen-bond acceptors (Lipinski definition) is 7. The van der Waals surface area contributed by atoms with E-state index in [0.717, 1.165) is 12.1 Å². The molecule has 32 heavy (non-hydrogen) atoms. The first-order chi connectivity index (χ1) is 14.9. The number of carbonyl (C=O) groups excluding carboxylic acids is 2. The summed E-state index contributed by atoms with van der Waals surface area (Å²) in [7, 11) is 1.66. The van der Waals surface area contributed by atoms with Crippen LogP contribution in [0.15, 0.2) is 36.7 Å². The Morgan fingerprint density at radius 3 is 2.47 bits per heavy atom. The molecular formula is C20H19F3N6O3. The van der Waals surface area contributed by atoms with Gasteiger partial charge in [0.25, 0.3) is 11.5 Å². The first-order valence-corrected chi connectivity index (χ1v) is 9.19. The molecule has 9 nitrogen and oxygen atoms in total. The van der Waals surface area contributed by atoms with Gasteiger partial charge in [-0.3, -0.25) is 14.3 Å². The summed E-state index contributed by atoms with van der Waals surface area (Å²) in [5.74, 6) is -2.60. The summed E-state index contributed by atoms with van der Waals surface area (Å²) in [5.41, 5.74) is 6.98. The van der Waals surface area contributed by atoms with Gasteiger partial charge in [-0.2, -0.15) is 18.3 Å². The van der Waals surface area contributed by atoms with Gasteiger partial charge < -0.3 is 16.6 Å². The number of amides is 1. The summed E-state index contributed by atoms with van der Waals surface area (Å²) in [4.78, 5) is 32.4. The summed E-state index contributed by atoms with van der Waals surface area (Å²) in [6.07, 6.45) is -2.74. The van der Waals surface area contributed by atoms with Crippen LogP contribution in [0.1, 0.15) is 27.3 Å². The number of anilines is 1. The quantitative estimate of drug-likeness (QED) is 0.483. The highest BCUT2D eigenvalue weighted by molar-refractivity contribution is 5.99. The van der Waals surface area contributed by atoms with Crippen LogP contribution >= 0.6 is 0 Å². The van der Waals surface area contributed by atoms with Gasteiger partial charge in [-0.1, -0.05) is 12.1 Å². The lowest BCUT2D eigenvalue weighted by molar-refractivity contribution is -0.255. The van der Waals surface area contributed by atoms with Crippen molar-refractivity contribution < 1.29 is 27.9 Å². The van der Waals surface area contributed by atoms with Crippen LogP contribution in [0.3, 0.4) is 0 Å². The normalized spacial score (nSPS) is 13.6. The topological polar surface area (TPSA) is 150 Å². The standard InChI is InChI=1S/C20H19F3N6O3/c1-10-3-4-11(19(32,18(25)31)20(21,22)23)7-13(10)14-9-26-17(24)16(28-14)15(30)8-12-5-6-27-29(12)2/h3-7,9,32H,8H2,1-2H3,(H2,24,26)(H2,25,31). The van der Waals surface area contributed by atoms with E-state index >= 15 is 0 Å². The molecule has 0 saturated heterocycles. The highest BCUT2D eigenvalue weighted by Gasteiger charge is 2.60. The van der Waals surface area contributed by atoms with E-state index in [-0.39, 0.29) is 29.2 Å². The number of ketones is 1. The fourth-order valence-electron chi connectivity index (χ4n) is 3.12. The van der Waals surface area contributed by atoms with Crippen molar-refractivity contribution in [1.82, 2.24) is 19.7 Å². The molecule has 0 aliphatic heterocycles. The number of rotatable bonds is 6. The number of nitrogen functional groups attached to an aromatic ring is 1. The van der Waals surface area contributed by atoms with Gasteiger partial charge in [0.1, 0.15) is 5.69 Å². The predicted molar refractivity (Wildman–Crippen MR) is 107 cm³/mol. The first-order valence-electron chi connectivity index (χ1n) is 9.19. The third kappa shape index (κ3) is 3.91. The van der Waals surface area contributed by atoms with E-state index in [9.17, 15) is 27.9 Å². The number of aryl methyl sites for hydroxylation is 2. The number of carbonyl (C=O) groups is 2. The molecule has 0 saturated carbocycles. The molecule has 1 atom stereocenters. The number of aliphatic hydroxyl groups is 1. The average molecular weight is 448 g/mol. The maximum atomic E-state index is 13.5. The minimum Gasteiger partial charge on any atom is -0.382 e. The van der Waals surface area contributed by atoms with Crippen molar-refractivity contribution in [2.75, 3.05) is 5.73 Å². The predicted octanol–water partition coefficient (Wildman–Crippen LogP) is 1.43. The molecule has 1 unspecified atom stereocenters. The molecule has 3 aromatic rings. The number of nitrogens with two attached hydrogens (primary N) is 2. The van der Waals surface area contributed by atoms with Gasteiger partial charge in [-0.05, 0) is 24.6 Å². The second-order valence-electron chi connectivity index (χ2n) is 7.14. The van der Waals surface area contributed by atoms with Gasteiger partial charge in [0.15, 0.2) is 11.6 Å². The Morgan fingerprint density at radius 1 is 1.22 bits per heavy atom. The van der Waals surface area contributed by atoms with Crippen LogP contribution in [0.25, 0.3) is 11.3 Å². The van der Waals surface area contributed by atoms with E-state index in [1.165, 1.54) is 23.1 Å². The Kier molecular flexibility index (Phi) is 5.75. The van der Waals surface area contributed by atoms with Gasteiger partial charge in [0.05, 0.1) is 18.3 Å². The summed E-state index contributed by atoms with van der Waals surface area (Å²) in [5, 5.41) is 14.1. The molecule has 2 aromatic heterocycles. The molecule has 1 amide bonds. The van der Waals surface area contributed by atoms with E-state index in [1.807, 2.05) is 0 Å².